The van der Waals surface area contributed by atoms with Crippen LogP contribution in [-0.2, 0) is 28.5 Å². The number of nitrogens with zero attached hydrogens (tertiary/aromatic N) is 7. The Morgan fingerprint density at radius 3 is 2.62 bits per heavy atom. The van der Waals surface area contributed by atoms with Gasteiger partial charge in [-0.2, -0.15) is 0 Å². The van der Waals surface area contributed by atoms with E-state index < -0.39 is 10.8 Å². The van der Waals surface area contributed by atoms with Gasteiger partial charge < -0.3 is 10.1 Å². The summed E-state index contributed by atoms with van der Waals surface area (Å²) in [4.78, 5) is 41.9. The van der Waals surface area contributed by atoms with Crippen LogP contribution in [0.5, 0.6) is 0 Å². The topological polar surface area (TPSA) is 138 Å². The van der Waals surface area contributed by atoms with Crippen LogP contribution in [0.3, 0.4) is 0 Å². The highest BCUT2D eigenvalue weighted by atomic mass is 32.2. The summed E-state index contributed by atoms with van der Waals surface area (Å²) < 4.78 is 19.0. The van der Waals surface area contributed by atoms with Crippen LogP contribution < -0.4 is 10.9 Å². The third-order valence-corrected chi connectivity index (χ3v) is 8.01. The Bertz CT molecular complexity index is 1570. The number of pyridine rings is 1. The second-order valence-electron chi connectivity index (χ2n) is 9.52. The Morgan fingerprint density at radius 2 is 1.95 bits per heavy atom. The van der Waals surface area contributed by atoms with E-state index in [9.17, 15) is 9.00 Å². The molecule has 0 bridgehead atoms. The summed E-state index contributed by atoms with van der Waals surface area (Å²) in [6, 6.07) is 3.28. The van der Waals surface area contributed by atoms with Crippen molar-refractivity contribution < 1.29 is 8.95 Å². The number of ether oxygens (including phenoxy) is 1. The Labute approximate surface area is 229 Å². The van der Waals surface area contributed by atoms with Crippen molar-refractivity contribution in [3.05, 3.63) is 58.3 Å². The van der Waals surface area contributed by atoms with E-state index in [-0.39, 0.29) is 24.0 Å². The molecule has 2 unspecified atom stereocenters. The van der Waals surface area contributed by atoms with Crippen molar-refractivity contribution >= 4 is 27.8 Å². The standard InChI is InChI=1S/C27H32N8O3S/c1-5-20-22(23(17-7-8-17)32-15-31-20)24-30-13-21-26(34-24)35(16(3)14-38-4)27(36)25(33-21)29-11-18-9-10-19(12-28-18)39(37)6-2/h9-10,12-13,15-17H,5-8,11,14H2,1-4H3,(H,29,33). The SMILES string of the molecule is CCc1ncnc(C2CC2)c1-c1ncc2nc(NCc3ccc(S(=O)CC)cn3)c(=O)n(C(C)COC)c2n1. The quantitative estimate of drug-likeness (QED) is 0.297. The minimum Gasteiger partial charge on any atom is -0.383 e. The van der Waals surface area contributed by atoms with E-state index in [1.165, 1.54) is 0 Å². The molecule has 4 aromatic rings. The van der Waals surface area contributed by atoms with Gasteiger partial charge in [-0.15, -0.1) is 0 Å². The first-order valence-electron chi connectivity index (χ1n) is 13.1. The van der Waals surface area contributed by atoms with Gasteiger partial charge in [0.2, 0.25) is 0 Å². The molecular weight excluding hydrogens is 516 g/mol. The molecule has 0 amide bonds. The van der Waals surface area contributed by atoms with Crippen molar-refractivity contribution in [1.82, 2.24) is 34.5 Å². The first-order valence-corrected chi connectivity index (χ1v) is 14.5. The number of anilines is 1. The highest BCUT2D eigenvalue weighted by Gasteiger charge is 2.31. The van der Waals surface area contributed by atoms with E-state index in [0.29, 0.717) is 45.9 Å². The number of hydrogen-bond donors (Lipinski definition) is 1. The summed E-state index contributed by atoms with van der Waals surface area (Å²) in [5, 5.41) is 3.12. The van der Waals surface area contributed by atoms with E-state index in [0.717, 1.165) is 36.2 Å². The van der Waals surface area contributed by atoms with Crippen LogP contribution in [0.4, 0.5) is 5.82 Å². The molecule has 1 N–H and O–H groups in total. The van der Waals surface area contributed by atoms with Crippen LogP contribution in [0.2, 0.25) is 0 Å². The van der Waals surface area contributed by atoms with Gasteiger partial charge in [0.25, 0.3) is 5.56 Å². The minimum atomic E-state index is -1.07. The summed E-state index contributed by atoms with van der Waals surface area (Å²) in [5.74, 6) is 1.58. The lowest BCUT2D eigenvalue weighted by Gasteiger charge is -2.19. The number of nitrogens with one attached hydrogen (secondary N) is 1. The van der Waals surface area contributed by atoms with Crippen molar-refractivity contribution in [2.24, 2.45) is 0 Å². The normalized spacial score (nSPS) is 14.9. The second-order valence-corrected chi connectivity index (χ2v) is 11.3. The maximum absolute atomic E-state index is 13.7. The van der Waals surface area contributed by atoms with Crippen LogP contribution in [0.15, 0.2) is 40.5 Å². The molecule has 0 aliphatic heterocycles. The van der Waals surface area contributed by atoms with Crippen molar-refractivity contribution in [1.29, 1.82) is 0 Å². The zero-order chi connectivity index (χ0) is 27.5. The molecule has 39 heavy (non-hydrogen) atoms. The molecule has 4 aromatic heterocycles. The zero-order valence-electron chi connectivity index (χ0n) is 22.5. The van der Waals surface area contributed by atoms with E-state index in [4.69, 9.17) is 9.72 Å². The van der Waals surface area contributed by atoms with E-state index >= 15 is 0 Å². The third-order valence-electron chi connectivity index (χ3n) is 6.72. The molecule has 5 rings (SSSR count). The Morgan fingerprint density at radius 1 is 1.13 bits per heavy atom. The Hall–Kier alpha value is -3.64. The molecule has 1 aliphatic rings. The van der Waals surface area contributed by atoms with Crippen molar-refractivity contribution in [2.75, 3.05) is 24.8 Å². The van der Waals surface area contributed by atoms with Crippen LogP contribution in [0, 0.1) is 0 Å². The lowest BCUT2D eigenvalue weighted by atomic mass is 10.1. The van der Waals surface area contributed by atoms with Gasteiger partial charge in [-0.1, -0.05) is 13.8 Å². The number of hydrogen-bond acceptors (Lipinski definition) is 10. The number of rotatable bonds is 11. The summed E-state index contributed by atoms with van der Waals surface area (Å²) in [5.41, 5.74) is 3.99. The van der Waals surface area contributed by atoms with Crippen LogP contribution >= 0.6 is 0 Å². The smallest absolute Gasteiger partial charge is 0.295 e. The largest absolute Gasteiger partial charge is 0.383 e. The molecule has 1 fully saturated rings. The van der Waals surface area contributed by atoms with Gasteiger partial charge in [0.1, 0.15) is 11.8 Å². The molecule has 11 nitrogen and oxygen atoms in total. The first kappa shape index (κ1) is 26.9. The molecule has 0 radical (unpaired) electrons. The van der Waals surface area contributed by atoms with E-state index in [1.807, 2.05) is 20.8 Å². The summed E-state index contributed by atoms with van der Waals surface area (Å²) in [6.07, 6.45) is 7.75. The van der Waals surface area contributed by atoms with Crippen molar-refractivity contribution in [2.45, 2.75) is 63.4 Å². The number of fused-ring (bicyclic) bond motifs is 1. The molecule has 2 atom stereocenters. The van der Waals surface area contributed by atoms with Gasteiger partial charge in [-0.05, 0) is 38.3 Å². The molecule has 12 heteroatoms. The Balaban J connectivity index is 1.55. The molecule has 4 heterocycles. The zero-order valence-corrected chi connectivity index (χ0v) is 23.4. The predicted molar refractivity (Wildman–Crippen MR) is 149 cm³/mol. The van der Waals surface area contributed by atoms with Gasteiger partial charge in [0, 0.05) is 25.0 Å². The minimum absolute atomic E-state index is 0.167. The average Bonchev–Trinajstić information content (AvgIpc) is 3.81. The summed E-state index contributed by atoms with van der Waals surface area (Å²) in [6.45, 7) is 6.41. The molecule has 0 aromatic carbocycles. The van der Waals surface area contributed by atoms with Crippen molar-refractivity contribution in [3.8, 4) is 11.4 Å². The number of aromatic nitrogens is 7. The number of methoxy groups -OCH3 is 1. The van der Waals surface area contributed by atoms with E-state index in [1.54, 1.807) is 42.5 Å². The van der Waals surface area contributed by atoms with Gasteiger partial charge >= 0.3 is 0 Å². The van der Waals surface area contributed by atoms with E-state index in [2.05, 4.69) is 30.2 Å². The highest BCUT2D eigenvalue weighted by Crippen LogP contribution is 2.43. The average molecular weight is 549 g/mol. The maximum Gasteiger partial charge on any atom is 0.295 e. The summed E-state index contributed by atoms with van der Waals surface area (Å²) in [7, 11) is 0.530. The van der Waals surface area contributed by atoms with Crippen LogP contribution in [0.1, 0.15) is 62.7 Å². The molecule has 0 spiro atoms. The molecule has 1 aliphatic carbocycles. The fourth-order valence-corrected chi connectivity index (χ4v) is 5.29. The predicted octanol–water partition coefficient (Wildman–Crippen LogP) is 3.43. The van der Waals surface area contributed by atoms with Gasteiger partial charge in [-0.25, -0.2) is 24.9 Å². The molecule has 0 saturated heterocycles. The van der Waals surface area contributed by atoms with Crippen LogP contribution in [0.25, 0.3) is 22.6 Å². The van der Waals surface area contributed by atoms with Gasteiger partial charge in [0.15, 0.2) is 17.3 Å². The second kappa shape index (κ2) is 11.6. The highest BCUT2D eigenvalue weighted by molar-refractivity contribution is 7.85. The lowest BCUT2D eigenvalue weighted by Crippen LogP contribution is -2.30. The third kappa shape index (κ3) is 5.57. The van der Waals surface area contributed by atoms with Gasteiger partial charge in [-0.3, -0.25) is 18.6 Å². The summed E-state index contributed by atoms with van der Waals surface area (Å²) >= 11 is 0. The maximum atomic E-state index is 13.7. The monoisotopic (exact) mass is 548 g/mol. The fourth-order valence-electron chi connectivity index (χ4n) is 4.57. The van der Waals surface area contributed by atoms with Gasteiger partial charge in [0.05, 0.1) is 63.7 Å². The fraction of sp³-hybridized carbons (Fsp3) is 0.444. The number of aryl methyl sites for hydroxylation is 1. The Kier molecular flexibility index (Phi) is 8.03. The van der Waals surface area contributed by atoms with Crippen molar-refractivity contribution in [3.63, 3.8) is 0 Å². The van der Waals surface area contributed by atoms with Crippen LogP contribution in [-0.4, -0.2) is 58.1 Å². The molecular formula is C27H32N8O3S. The molecule has 204 valence electrons. The first-order chi connectivity index (χ1) is 18.9. The molecule has 1 saturated carbocycles. The lowest BCUT2D eigenvalue weighted by molar-refractivity contribution is 0.162.